The molecule has 218 valence electrons. The van der Waals surface area contributed by atoms with Crippen LogP contribution in [0.4, 0.5) is 4.79 Å². The minimum atomic E-state index is -3.42. The van der Waals surface area contributed by atoms with Gasteiger partial charge in [0.25, 0.3) is 7.52 Å². The van der Waals surface area contributed by atoms with Crippen molar-refractivity contribution in [2.75, 3.05) is 19.3 Å². The number of alkyl carbamates (subject to hydrolysis) is 1. The maximum absolute atomic E-state index is 13.8. The van der Waals surface area contributed by atoms with E-state index in [1.807, 2.05) is 60.7 Å². The summed E-state index contributed by atoms with van der Waals surface area (Å²) in [6.45, 7) is 2.78. The Morgan fingerprint density at radius 3 is 2.25 bits per heavy atom. The maximum Gasteiger partial charge on any atom is 0.407 e. The van der Waals surface area contributed by atoms with Crippen molar-refractivity contribution in [3.63, 3.8) is 0 Å². The largest absolute Gasteiger partial charge is 0.480 e. The molecule has 3 N–H and O–H groups in total. The minimum Gasteiger partial charge on any atom is -0.480 e. The SMILES string of the molecule is C[C@H](NP(=O)(CCCCCCNC(=O)OCc1ccccc1)OCc1ccccc1)C(=O)N1CCC[C@H]1C(=O)O. The molecule has 2 amide bonds. The van der Waals surface area contributed by atoms with Crippen molar-refractivity contribution in [3.8, 4) is 0 Å². The fourth-order valence-corrected chi connectivity index (χ4v) is 6.60. The summed E-state index contributed by atoms with van der Waals surface area (Å²) in [5.41, 5.74) is 1.78. The number of nitrogens with one attached hydrogen (secondary N) is 2. The molecule has 1 unspecified atom stereocenters. The predicted molar refractivity (Wildman–Crippen MR) is 152 cm³/mol. The summed E-state index contributed by atoms with van der Waals surface area (Å²) in [6.07, 6.45) is 3.70. The Bertz CT molecular complexity index is 1130. The smallest absolute Gasteiger partial charge is 0.407 e. The van der Waals surface area contributed by atoms with Crippen LogP contribution >= 0.6 is 7.52 Å². The lowest BCUT2D eigenvalue weighted by Gasteiger charge is -2.28. The Morgan fingerprint density at radius 2 is 1.60 bits per heavy atom. The first-order chi connectivity index (χ1) is 19.3. The van der Waals surface area contributed by atoms with Crippen LogP contribution in [-0.2, 0) is 36.6 Å². The number of likely N-dealkylation sites (tertiary alicyclic amines) is 1. The normalized spacial score (nSPS) is 17.1. The molecule has 0 spiro atoms. The molecule has 3 rings (SSSR count). The summed E-state index contributed by atoms with van der Waals surface area (Å²) < 4.78 is 24.9. The van der Waals surface area contributed by atoms with Crippen molar-refractivity contribution in [2.24, 2.45) is 0 Å². The summed E-state index contributed by atoms with van der Waals surface area (Å²) in [6, 6.07) is 17.1. The number of nitrogens with zero attached hydrogens (tertiary/aromatic N) is 1. The zero-order valence-electron chi connectivity index (χ0n) is 23.0. The molecule has 11 heteroatoms. The highest BCUT2D eigenvalue weighted by Crippen LogP contribution is 2.45. The molecule has 10 nitrogen and oxygen atoms in total. The van der Waals surface area contributed by atoms with Crippen LogP contribution in [0.1, 0.15) is 56.6 Å². The van der Waals surface area contributed by atoms with Crippen LogP contribution in [0, 0.1) is 0 Å². The zero-order chi connectivity index (χ0) is 28.8. The average Bonchev–Trinajstić information content (AvgIpc) is 3.46. The van der Waals surface area contributed by atoms with Crippen molar-refractivity contribution < 1.29 is 33.3 Å². The van der Waals surface area contributed by atoms with Crippen LogP contribution < -0.4 is 10.4 Å². The molecule has 0 saturated carbocycles. The van der Waals surface area contributed by atoms with E-state index < -0.39 is 37.6 Å². The second kappa shape index (κ2) is 16.2. The van der Waals surface area contributed by atoms with Gasteiger partial charge in [-0.2, -0.15) is 0 Å². The highest BCUT2D eigenvalue weighted by Gasteiger charge is 2.38. The molecule has 0 radical (unpaired) electrons. The number of amides is 2. The van der Waals surface area contributed by atoms with Gasteiger partial charge >= 0.3 is 12.1 Å². The van der Waals surface area contributed by atoms with E-state index in [9.17, 15) is 24.1 Å². The van der Waals surface area contributed by atoms with Gasteiger partial charge in [0.2, 0.25) is 5.91 Å². The van der Waals surface area contributed by atoms with Crippen LogP contribution in [0.25, 0.3) is 0 Å². The van der Waals surface area contributed by atoms with Crippen LogP contribution in [0.5, 0.6) is 0 Å². The van der Waals surface area contributed by atoms with Gasteiger partial charge in [-0.1, -0.05) is 73.5 Å². The molecule has 1 heterocycles. The Hall–Kier alpha value is -3.20. The number of benzene rings is 2. The van der Waals surface area contributed by atoms with E-state index in [4.69, 9.17) is 9.26 Å². The lowest BCUT2D eigenvalue weighted by atomic mass is 10.2. The third-order valence-corrected chi connectivity index (χ3v) is 8.96. The molecule has 0 aliphatic carbocycles. The van der Waals surface area contributed by atoms with Crippen LogP contribution in [0.15, 0.2) is 60.7 Å². The highest BCUT2D eigenvalue weighted by atomic mass is 31.2. The number of carbonyl (C=O) groups is 3. The summed E-state index contributed by atoms with van der Waals surface area (Å²) >= 11 is 0. The number of unbranched alkanes of at least 4 members (excludes halogenated alkanes) is 3. The monoisotopic (exact) mass is 573 g/mol. The number of hydrogen-bond donors (Lipinski definition) is 3. The van der Waals surface area contributed by atoms with Gasteiger partial charge in [-0.15, -0.1) is 0 Å². The number of carboxylic acids is 1. The van der Waals surface area contributed by atoms with Crippen LogP contribution in [0.2, 0.25) is 0 Å². The van der Waals surface area contributed by atoms with Crippen molar-refractivity contribution in [3.05, 3.63) is 71.8 Å². The fourth-order valence-electron chi connectivity index (χ4n) is 4.57. The third kappa shape index (κ3) is 10.4. The highest BCUT2D eigenvalue weighted by molar-refractivity contribution is 7.56. The number of ether oxygens (including phenoxy) is 1. The summed E-state index contributed by atoms with van der Waals surface area (Å²) in [7, 11) is -3.42. The van der Waals surface area contributed by atoms with Gasteiger partial charge in [0.15, 0.2) is 0 Å². The molecule has 1 aliphatic rings. The zero-order valence-corrected chi connectivity index (χ0v) is 23.9. The van der Waals surface area contributed by atoms with Gasteiger partial charge in [0.1, 0.15) is 12.6 Å². The van der Waals surface area contributed by atoms with E-state index in [0.717, 1.165) is 30.4 Å². The Balaban J connectivity index is 1.43. The van der Waals surface area contributed by atoms with Crippen molar-refractivity contribution >= 4 is 25.5 Å². The lowest BCUT2D eigenvalue weighted by Crippen LogP contribution is -2.48. The number of carbonyl (C=O) groups excluding carboxylic acids is 2. The van der Waals surface area contributed by atoms with Gasteiger partial charge in [-0.25, -0.2) is 14.7 Å². The van der Waals surface area contributed by atoms with E-state index in [0.29, 0.717) is 32.4 Å². The van der Waals surface area contributed by atoms with E-state index in [2.05, 4.69) is 10.4 Å². The lowest BCUT2D eigenvalue weighted by molar-refractivity contribution is -0.148. The molecule has 2 aromatic rings. The van der Waals surface area contributed by atoms with Gasteiger partial charge in [0.05, 0.1) is 12.6 Å². The Morgan fingerprint density at radius 1 is 0.975 bits per heavy atom. The summed E-state index contributed by atoms with van der Waals surface area (Å²) in [5, 5.41) is 15.1. The van der Waals surface area contributed by atoms with Crippen molar-refractivity contribution in [1.29, 1.82) is 0 Å². The summed E-state index contributed by atoms with van der Waals surface area (Å²) in [5.74, 6) is -1.42. The standard InChI is InChI=1S/C29H40N3O7P/c1-23(27(33)32-19-12-17-26(32)28(34)35)31-40(37,39-22-25-15-8-5-9-16-25)20-11-3-2-10-18-30-29(36)38-21-24-13-6-4-7-14-24/h4-9,13-16,23,26H,2-3,10-12,17-22H2,1H3,(H,30,36)(H,31,37)(H,34,35)/t23-,26-,40?/m0/s1. The molecule has 2 aromatic carbocycles. The first kappa shape index (κ1) is 31.3. The topological polar surface area (TPSA) is 134 Å². The molecule has 0 aromatic heterocycles. The van der Waals surface area contributed by atoms with Gasteiger partial charge < -0.3 is 24.6 Å². The van der Waals surface area contributed by atoms with Gasteiger partial charge in [0, 0.05) is 19.3 Å². The Labute approximate surface area is 235 Å². The van der Waals surface area contributed by atoms with E-state index in [1.165, 1.54) is 4.90 Å². The molecule has 1 saturated heterocycles. The average molecular weight is 574 g/mol. The first-order valence-corrected chi connectivity index (χ1v) is 15.6. The first-order valence-electron chi connectivity index (χ1n) is 13.8. The quantitative estimate of drug-likeness (QED) is 0.190. The Kier molecular flexibility index (Phi) is 12.7. The molecule has 40 heavy (non-hydrogen) atoms. The predicted octanol–water partition coefficient (Wildman–Crippen LogP) is 4.94. The molecular formula is C29H40N3O7P. The van der Waals surface area contributed by atoms with Gasteiger partial charge in [-0.3, -0.25) is 9.36 Å². The molecular weight excluding hydrogens is 533 g/mol. The number of aliphatic carboxylic acids is 1. The number of rotatable bonds is 16. The maximum atomic E-state index is 13.8. The number of carboxylic acid groups (broad SMARTS) is 1. The molecule has 1 aliphatic heterocycles. The molecule has 0 bridgehead atoms. The molecule has 1 fully saturated rings. The third-order valence-electron chi connectivity index (χ3n) is 6.73. The van der Waals surface area contributed by atoms with E-state index in [-0.39, 0.29) is 19.4 Å². The van der Waals surface area contributed by atoms with Crippen molar-refractivity contribution in [2.45, 2.75) is 70.7 Å². The van der Waals surface area contributed by atoms with Crippen LogP contribution in [-0.4, -0.2) is 59.3 Å². The molecule has 3 atom stereocenters. The fraction of sp³-hybridized carbons (Fsp3) is 0.483. The van der Waals surface area contributed by atoms with Crippen molar-refractivity contribution in [1.82, 2.24) is 15.3 Å². The number of hydrogen-bond acceptors (Lipinski definition) is 6. The van der Waals surface area contributed by atoms with E-state index >= 15 is 0 Å². The van der Waals surface area contributed by atoms with Crippen LogP contribution in [0.3, 0.4) is 0 Å². The minimum absolute atomic E-state index is 0.127. The van der Waals surface area contributed by atoms with E-state index in [1.54, 1.807) is 6.92 Å². The summed E-state index contributed by atoms with van der Waals surface area (Å²) in [4.78, 5) is 37.8. The second-order valence-electron chi connectivity index (χ2n) is 9.94. The van der Waals surface area contributed by atoms with Gasteiger partial charge in [-0.05, 0) is 43.7 Å². The second-order valence-corrected chi connectivity index (χ2v) is 12.2.